The van der Waals surface area contributed by atoms with Crippen LogP contribution in [0.1, 0.15) is 47.2 Å². The van der Waals surface area contributed by atoms with Crippen LogP contribution < -0.4 is 0 Å². The van der Waals surface area contributed by atoms with Crippen molar-refractivity contribution in [3.05, 3.63) is 59.0 Å². The quantitative estimate of drug-likeness (QED) is 0.878. The number of furan rings is 1. The highest BCUT2D eigenvalue weighted by Crippen LogP contribution is 2.26. The van der Waals surface area contributed by atoms with Gasteiger partial charge < -0.3 is 14.6 Å². The number of hydrogen-bond acceptors (Lipinski definition) is 3. The molecule has 1 unspecified atom stereocenters. The molecule has 106 valence electrons. The normalized spacial score (nSPS) is 12.6. The van der Waals surface area contributed by atoms with Crippen molar-refractivity contribution in [1.29, 1.82) is 0 Å². The first-order valence-electron chi connectivity index (χ1n) is 6.56. The minimum atomic E-state index is -1.11. The molecule has 0 bridgehead atoms. The predicted octanol–water partition coefficient (Wildman–Crippen LogP) is 3.26. The summed E-state index contributed by atoms with van der Waals surface area (Å²) in [6.45, 7) is 4.29. The van der Waals surface area contributed by atoms with Crippen LogP contribution in [-0.4, -0.2) is 16.2 Å². The monoisotopic (exact) mass is 274 g/mol. The highest BCUT2D eigenvalue weighted by Gasteiger charge is 2.22. The minimum Gasteiger partial charge on any atom is -0.478 e. The van der Waals surface area contributed by atoms with Crippen molar-refractivity contribution >= 4 is 5.97 Å². The van der Waals surface area contributed by atoms with E-state index in [1.165, 1.54) is 17.9 Å². The summed E-state index contributed by atoms with van der Waals surface area (Å²) in [5, 5.41) is 19.2. The van der Waals surface area contributed by atoms with Gasteiger partial charge in [-0.2, -0.15) is 0 Å². The first-order valence-corrected chi connectivity index (χ1v) is 6.56. The lowest BCUT2D eigenvalue weighted by molar-refractivity contribution is 0.0687. The van der Waals surface area contributed by atoms with Crippen molar-refractivity contribution in [2.24, 2.45) is 5.92 Å². The lowest BCUT2D eigenvalue weighted by Crippen LogP contribution is -2.05. The van der Waals surface area contributed by atoms with E-state index in [1.54, 1.807) is 12.1 Å². The number of carboxylic acids is 1. The van der Waals surface area contributed by atoms with Crippen molar-refractivity contribution < 1.29 is 19.4 Å². The molecule has 0 spiro atoms. The number of benzene rings is 1. The fourth-order valence-electron chi connectivity index (χ4n) is 2.17. The molecule has 4 nitrogen and oxygen atoms in total. The van der Waals surface area contributed by atoms with E-state index in [0.717, 1.165) is 6.42 Å². The van der Waals surface area contributed by atoms with Gasteiger partial charge >= 0.3 is 5.97 Å². The molecule has 0 aliphatic carbocycles. The highest BCUT2D eigenvalue weighted by atomic mass is 16.4. The van der Waals surface area contributed by atoms with Crippen LogP contribution in [0, 0.1) is 5.92 Å². The molecule has 0 aliphatic heterocycles. The van der Waals surface area contributed by atoms with Crippen LogP contribution in [0.5, 0.6) is 0 Å². The Morgan fingerprint density at radius 1 is 1.20 bits per heavy atom. The van der Waals surface area contributed by atoms with Gasteiger partial charge in [-0.05, 0) is 29.5 Å². The topological polar surface area (TPSA) is 70.7 Å². The molecular formula is C16H18O4. The number of carboxylic acid groups (broad SMARTS) is 1. The summed E-state index contributed by atoms with van der Waals surface area (Å²) >= 11 is 0. The first-order chi connectivity index (χ1) is 9.49. The molecule has 0 fully saturated rings. The molecular weight excluding hydrogens is 256 g/mol. The average Bonchev–Trinajstić information content (AvgIpc) is 2.87. The van der Waals surface area contributed by atoms with E-state index in [1.807, 2.05) is 12.1 Å². The van der Waals surface area contributed by atoms with Crippen LogP contribution in [0.2, 0.25) is 0 Å². The third-order valence-electron chi connectivity index (χ3n) is 3.11. The van der Waals surface area contributed by atoms with Crippen LogP contribution in [0.3, 0.4) is 0 Å². The molecule has 1 aromatic heterocycles. The van der Waals surface area contributed by atoms with Crippen molar-refractivity contribution in [3.63, 3.8) is 0 Å². The third kappa shape index (κ3) is 3.08. The molecule has 2 rings (SSSR count). The van der Waals surface area contributed by atoms with Gasteiger partial charge in [-0.25, -0.2) is 4.79 Å². The molecule has 0 saturated heterocycles. The lowest BCUT2D eigenvalue weighted by Gasteiger charge is -2.11. The zero-order valence-electron chi connectivity index (χ0n) is 11.5. The van der Waals surface area contributed by atoms with E-state index in [-0.39, 0.29) is 11.3 Å². The van der Waals surface area contributed by atoms with Crippen LogP contribution in [0.15, 0.2) is 41.0 Å². The van der Waals surface area contributed by atoms with Crippen LogP contribution in [0.25, 0.3) is 0 Å². The smallest absolute Gasteiger partial charge is 0.339 e. The Kier molecular flexibility index (Phi) is 4.25. The zero-order valence-corrected chi connectivity index (χ0v) is 11.5. The molecule has 0 radical (unpaired) electrons. The average molecular weight is 274 g/mol. The van der Waals surface area contributed by atoms with Gasteiger partial charge in [0.25, 0.3) is 0 Å². The minimum absolute atomic E-state index is 0.0104. The van der Waals surface area contributed by atoms with Crippen molar-refractivity contribution in [2.75, 3.05) is 0 Å². The van der Waals surface area contributed by atoms with Gasteiger partial charge in [0.05, 0.1) is 6.26 Å². The summed E-state index contributed by atoms with van der Waals surface area (Å²) < 4.78 is 5.11. The molecule has 1 aromatic carbocycles. The summed E-state index contributed by atoms with van der Waals surface area (Å²) in [6.07, 6.45) is 1.18. The maximum absolute atomic E-state index is 11.0. The Morgan fingerprint density at radius 3 is 2.40 bits per heavy atom. The third-order valence-corrected chi connectivity index (χ3v) is 3.11. The van der Waals surface area contributed by atoms with Crippen molar-refractivity contribution in [3.8, 4) is 0 Å². The number of aliphatic hydroxyl groups is 1. The van der Waals surface area contributed by atoms with Gasteiger partial charge in [0.1, 0.15) is 11.7 Å². The SMILES string of the molecule is CC(C)Cc1ccc(C(O)c2occc2C(=O)O)cc1. The van der Waals surface area contributed by atoms with E-state index in [4.69, 9.17) is 9.52 Å². The zero-order chi connectivity index (χ0) is 14.7. The fraction of sp³-hybridized carbons (Fsp3) is 0.312. The second kappa shape index (κ2) is 5.92. The van der Waals surface area contributed by atoms with Gasteiger partial charge in [-0.1, -0.05) is 38.1 Å². The van der Waals surface area contributed by atoms with Crippen LogP contribution >= 0.6 is 0 Å². The van der Waals surface area contributed by atoms with Gasteiger partial charge in [-0.3, -0.25) is 0 Å². The molecule has 20 heavy (non-hydrogen) atoms. The fourth-order valence-corrected chi connectivity index (χ4v) is 2.17. The number of rotatable bonds is 5. The summed E-state index contributed by atoms with van der Waals surface area (Å²) in [4.78, 5) is 11.0. The van der Waals surface area contributed by atoms with Gasteiger partial charge in [0.2, 0.25) is 0 Å². The molecule has 2 N–H and O–H groups in total. The number of hydrogen-bond donors (Lipinski definition) is 2. The Hall–Kier alpha value is -2.07. The molecule has 0 saturated carbocycles. The van der Waals surface area contributed by atoms with E-state index >= 15 is 0 Å². The summed E-state index contributed by atoms with van der Waals surface area (Å²) in [7, 11) is 0. The summed E-state index contributed by atoms with van der Waals surface area (Å²) in [5.41, 5.74) is 1.80. The van der Waals surface area contributed by atoms with E-state index in [2.05, 4.69) is 13.8 Å². The summed E-state index contributed by atoms with van der Waals surface area (Å²) in [6, 6.07) is 8.84. The Bertz CT molecular complexity index is 581. The Balaban J connectivity index is 2.22. The number of aromatic carboxylic acids is 1. The summed E-state index contributed by atoms with van der Waals surface area (Å²) in [5.74, 6) is -0.479. The highest BCUT2D eigenvalue weighted by molar-refractivity contribution is 5.88. The standard InChI is InChI=1S/C16H18O4/c1-10(2)9-11-3-5-12(6-4-11)14(17)15-13(16(18)19)7-8-20-15/h3-8,10,14,17H,9H2,1-2H3,(H,18,19). The van der Waals surface area contributed by atoms with Crippen molar-refractivity contribution in [1.82, 2.24) is 0 Å². The maximum Gasteiger partial charge on any atom is 0.339 e. The molecule has 0 aliphatic rings. The van der Waals surface area contributed by atoms with Gasteiger partial charge in [0, 0.05) is 0 Å². The van der Waals surface area contributed by atoms with E-state index < -0.39 is 12.1 Å². The maximum atomic E-state index is 11.0. The van der Waals surface area contributed by atoms with Gasteiger partial charge in [0.15, 0.2) is 5.76 Å². The Morgan fingerprint density at radius 2 is 1.85 bits per heavy atom. The molecule has 1 heterocycles. The largest absolute Gasteiger partial charge is 0.478 e. The molecule has 4 heteroatoms. The number of aliphatic hydroxyl groups excluding tert-OH is 1. The molecule has 1 atom stereocenters. The Labute approximate surface area is 117 Å². The van der Waals surface area contributed by atoms with Crippen molar-refractivity contribution in [2.45, 2.75) is 26.4 Å². The van der Waals surface area contributed by atoms with E-state index in [0.29, 0.717) is 11.5 Å². The van der Waals surface area contributed by atoms with E-state index in [9.17, 15) is 9.90 Å². The predicted molar refractivity (Wildman–Crippen MR) is 74.7 cm³/mol. The van der Waals surface area contributed by atoms with Crippen LogP contribution in [-0.2, 0) is 6.42 Å². The van der Waals surface area contributed by atoms with Crippen LogP contribution in [0.4, 0.5) is 0 Å². The first kappa shape index (κ1) is 14.3. The second-order valence-electron chi connectivity index (χ2n) is 5.25. The molecule has 2 aromatic rings. The number of carbonyl (C=O) groups is 1. The van der Waals surface area contributed by atoms with Gasteiger partial charge in [-0.15, -0.1) is 0 Å². The molecule has 0 amide bonds. The lowest BCUT2D eigenvalue weighted by atomic mass is 9.99. The second-order valence-corrected chi connectivity index (χ2v) is 5.25.